The first-order valence-corrected chi connectivity index (χ1v) is 6.96. The Hall–Kier alpha value is -0.620. The van der Waals surface area contributed by atoms with Crippen LogP contribution in [0.15, 0.2) is 24.3 Å². The molecule has 0 aliphatic carbocycles. The van der Waals surface area contributed by atoms with Crippen molar-refractivity contribution >= 4 is 43.8 Å². The van der Waals surface area contributed by atoms with E-state index in [1.807, 2.05) is 20.8 Å². The third-order valence-electron chi connectivity index (χ3n) is 1.81. The average molecular weight is 400 g/mol. The number of carboxylic acid groups (broad SMARTS) is 1. The van der Waals surface area contributed by atoms with Gasteiger partial charge in [0.05, 0.1) is 0 Å². The molecule has 6 heteroatoms. The Morgan fingerprint density at radius 1 is 1.05 bits per heavy atom. The van der Waals surface area contributed by atoms with Crippen LogP contribution in [0.4, 0.5) is 0 Å². The molecule has 0 aliphatic heterocycles. The third-order valence-corrected chi connectivity index (χ3v) is 4.51. The van der Waals surface area contributed by atoms with Gasteiger partial charge in [-0.1, -0.05) is 33.9 Å². The molecule has 0 saturated heterocycles. The Balaban J connectivity index is 0. The second kappa shape index (κ2) is 7.85. The maximum absolute atomic E-state index is 11.2. The third kappa shape index (κ3) is 8.99. The van der Waals surface area contributed by atoms with Crippen LogP contribution in [0.2, 0.25) is 0 Å². The minimum absolute atomic E-state index is 0.176. The number of rotatable bonds is 3. The van der Waals surface area contributed by atoms with Crippen LogP contribution in [0.25, 0.3) is 0 Å². The normalized spacial score (nSPS) is 10.9. The van der Waals surface area contributed by atoms with Crippen molar-refractivity contribution in [1.82, 2.24) is 0 Å². The number of halogens is 2. The molecule has 0 amide bonds. The van der Waals surface area contributed by atoms with Crippen LogP contribution in [-0.2, 0) is 14.3 Å². The topological polar surface area (TPSA) is 63.6 Å². The highest BCUT2D eigenvalue weighted by Gasteiger charge is 2.41. The molecule has 0 fully saturated rings. The number of aliphatic carboxylic acids is 1. The summed E-state index contributed by atoms with van der Waals surface area (Å²) in [6.07, 6.45) is 0. The average Bonchev–Trinajstić information content (AvgIpc) is 2.15. The molecule has 0 heterocycles. The fourth-order valence-electron chi connectivity index (χ4n) is 0.357. The molecule has 0 spiro atoms. The van der Waals surface area contributed by atoms with Crippen molar-refractivity contribution < 1.29 is 19.4 Å². The number of ether oxygens (including phenoxy) is 1. The zero-order chi connectivity index (χ0) is 16.0. The number of alkyl halides is 2. The van der Waals surface area contributed by atoms with Gasteiger partial charge in [-0.2, -0.15) is 0 Å². The van der Waals surface area contributed by atoms with Gasteiger partial charge in [-0.3, -0.25) is 0 Å². The van der Waals surface area contributed by atoms with Crippen molar-refractivity contribution in [2.45, 2.75) is 38.0 Å². The molecule has 0 bridgehead atoms. The summed E-state index contributed by atoms with van der Waals surface area (Å²) < 4.78 is 4.31. The summed E-state index contributed by atoms with van der Waals surface area (Å²) in [6.45, 7) is 15.6. The Morgan fingerprint density at radius 2 is 1.37 bits per heavy atom. The van der Waals surface area contributed by atoms with Crippen molar-refractivity contribution in [2.75, 3.05) is 0 Å². The lowest BCUT2D eigenvalue weighted by molar-refractivity contribution is -0.145. The Bertz CT molecular complexity index is 367. The summed E-state index contributed by atoms with van der Waals surface area (Å²) in [5.41, 5.74) is 0.320. The summed E-state index contributed by atoms with van der Waals surface area (Å²) in [6, 6.07) is 0. The highest BCUT2D eigenvalue weighted by molar-refractivity contribution is 9.25. The standard InChI is InChI=1S/C9H14Br2O2.C4H6O2/c1-6(2)7(12)13-9(10,11)8(3,4)5;1-3(2)4(5)6/h1H2,2-5H3;1H2,2H3,(H,5,6). The van der Waals surface area contributed by atoms with Gasteiger partial charge in [0, 0.05) is 16.6 Å². The fraction of sp³-hybridized carbons (Fsp3) is 0.538. The van der Waals surface area contributed by atoms with Crippen molar-refractivity contribution in [3.8, 4) is 0 Å². The molecule has 0 radical (unpaired) electrons. The van der Waals surface area contributed by atoms with E-state index in [0.717, 1.165) is 0 Å². The van der Waals surface area contributed by atoms with E-state index in [2.05, 4.69) is 45.0 Å². The molecule has 110 valence electrons. The first-order chi connectivity index (χ1) is 8.22. The van der Waals surface area contributed by atoms with E-state index in [4.69, 9.17) is 9.84 Å². The maximum atomic E-state index is 11.2. The van der Waals surface area contributed by atoms with E-state index in [9.17, 15) is 9.59 Å². The van der Waals surface area contributed by atoms with Crippen molar-refractivity contribution in [3.63, 3.8) is 0 Å². The zero-order valence-corrected chi connectivity index (χ0v) is 15.0. The molecule has 0 rings (SSSR count). The van der Waals surface area contributed by atoms with Gasteiger partial charge in [0.2, 0.25) is 3.42 Å². The number of hydrogen-bond acceptors (Lipinski definition) is 3. The molecule has 0 aromatic rings. The van der Waals surface area contributed by atoms with E-state index < -0.39 is 15.4 Å². The minimum atomic E-state index is -0.935. The molecular formula is C13H20Br2O4. The second-order valence-corrected chi connectivity index (χ2v) is 8.32. The molecule has 0 atom stereocenters. The number of carbonyl (C=O) groups is 2. The highest BCUT2D eigenvalue weighted by atomic mass is 79.9. The summed E-state index contributed by atoms with van der Waals surface area (Å²) in [4.78, 5) is 20.8. The van der Waals surface area contributed by atoms with Crippen LogP contribution in [-0.4, -0.2) is 20.5 Å². The van der Waals surface area contributed by atoms with Crippen molar-refractivity contribution in [2.24, 2.45) is 5.41 Å². The van der Waals surface area contributed by atoms with Gasteiger partial charge in [-0.05, 0) is 45.7 Å². The maximum Gasteiger partial charge on any atom is 0.335 e. The number of esters is 1. The SMILES string of the molecule is C=C(C)C(=O)O.C=C(C)C(=O)OC(Br)(Br)C(C)(C)C. The number of carboxylic acids is 1. The molecular weight excluding hydrogens is 380 g/mol. The zero-order valence-electron chi connectivity index (χ0n) is 11.8. The highest BCUT2D eigenvalue weighted by Crippen LogP contribution is 2.44. The predicted molar refractivity (Wildman–Crippen MR) is 83.4 cm³/mol. The van der Waals surface area contributed by atoms with Crippen molar-refractivity contribution in [1.29, 1.82) is 0 Å². The van der Waals surface area contributed by atoms with Crippen molar-refractivity contribution in [3.05, 3.63) is 24.3 Å². The van der Waals surface area contributed by atoms with Gasteiger partial charge >= 0.3 is 11.9 Å². The monoisotopic (exact) mass is 398 g/mol. The van der Waals surface area contributed by atoms with Crippen LogP contribution < -0.4 is 0 Å². The van der Waals surface area contributed by atoms with Gasteiger partial charge in [-0.25, -0.2) is 9.59 Å². The summed E-state index contributed by atoms with van der Waals surface area (Å²) in [5, 5.41) is 7.89. The summed E-state index contributed by atoms with van der Waals surface area (Å²) in [5.74, 6) is -1.35. The molecule has 0 aliphatic rings. The lowest BCUT2D eigenvalue weighted by Gasteiger charge is -2.33. The quantitative estimate of drug-likeness (QED) is 0.437. The van der Waals surface area contributed by atoms with E-state index in [-0.39, 0.29) is 11.0 Å². The van der Waals surface area contributed by atoms with Gasteiger partial charge < -0.3 is 9.84 Å². The second-order valence-electron chi connectivity index (χ2n) is 5.02. The van der Waals surface area contributed by atoms with Crippen LogP contribution in [0.3, 0.4) is 0 Å². The lowest BCUT2D eigenvalue weighted by atomic mass is 9.98. The van der Waals surface area contributed by atoms with Crippen LogP contribution >= 0.6 is 31.9 Å². The molecule has 0 unspecified atom stereocenters. The van der Waals surface area contributed by atoms with Gasteiger partial charge in [-0.15, -0.1) is 0 Å². The predicted octanol–water partition coefficient (Wildman–Crippen LogP) is 4.24. The number of hydrogen-bond donors (Lipinski definition) is 1. The minimum Gasteiger partial charge on any atom is -0.478 e. The van der Waals surface area contributed by atoms with E-state index in [1.54, 1.807) is 6.92 Å². The van der Waals surface area contributed by atoms with Gasteiger partial charge in [0.1, 0.15) is 0 Å². The van der Waals surface area contributed by atoms with Crippen LogP contribution in [0.5, 0.6) is 0 Å². The molecule has 4 nitrogen and oxygen atoms in total. The first-order valence-electron chi connectivity index (χ1n) is 5.38. The summed E-state index contributed by atoms with van der Waals surface area (Å²) >= 11 is 6.61. The van der Waals surface area contributed by atoms with Crippen LogP contribution in [0.1, 0.15) is 34.6 Å². The van der Waals surface area contributed by atoms with E-state index in [0.29, 0.717) is 5.57 Å². The van der Waals surface area contributed by atoms with Gasteiger partial charge in [0.15, 0.2) is 0 Å². The Labute approximate surface area is 131 Å². The largest absolute Gasteiger partial charge is 0.478 e. The molecule has 0 aromatic heterocycles. The number of carbonyl (C=O) groups excluding carboxylic acids is 1. The van der Waals surface area contributed by atoms with Gasteiger partial charge in [0.25, 0.3) is 0 Å². The smallest absolute Gasteiger partial charge is 0.335 e. The lowest BCUT2D eigenvalue weighted by Crippen LogP contribution is -2.35. The molecule has 0 saturated carbocycles. The van der Waals surface area contributed by atoms with E-state index >= 15 is 0 Å². The Kier molecular flexibility index (Phi) is 8.54. The molecule has 0 aromatic carbocycles. The van der Waals surface area contributed by atoms with E-state index in [1.165, 1.54) is 6.92 Å². The fourth-order valence-corrected chi connectivity index (χ4v) is 0.651. The summed E-state index contributed by atoms with van der Waals surface area (Å²) in [7, 11) is 0. The first kappa shape index (κ1) is 20.7. The molecule has 1 N–H and O–H groups in total. The Morgan fingerprint density at radius 3 is 1.53 bits per heavy atom. The molecule has 19 heavy (non-hydrogen) atoms. The van der Waals surface area contributed by atoms with Crippen LogP contribution in [0, 0.1) is 5.41 Å².